The standard InChI is InChI=1S/C54H35N3.C18H14BNO2.C18H11Br2N/c1-2-16-38(17-3-1)55-53-32-30-36(39-18-4-10-24-47(39)56-49-26-12-6-20-41(49)42-21-7-13-27-50(42)56)34-45(53)46-35-37(31-33-54(46)55)40-19-5-11-25-48(40)57-51-28-14-8-22-43(51)44-23-9-15-29-52(44)57;21-19(22)15-9-3-6-12-18(15)20-16-10-4-1-7-13(16)14-8-2-5-11-17(14)20;19-12-6-8-17-15(10-12)16-11-13(20)7-9-18(16)21(17)14-4-2-1-3-5-14/h1-35H;1-12,21-22H;1-11H. The fourth-order valence-corrected chi connectivity index (χ4v) is 16.0. The molecular weight excluding hydrogens is 1350 g/mol. The molecule has 0 saturated heterocycles. The molecule has 0 aliphatic rings. The molecule has 10 heteroatoms. The number of rotatable bonds is 8. The molecule has 7 nitrogen and oxygen atoms in total. The molecule has 0 saturated carbocycles. The van der Waals surface area contributed by atoms with Crippen molar-refractivity contribution in [3.63, 3.8) is 0 Å². The van der Waals surface area contributed by atoms with Crippen molar-refractivity contribution in [3.8, 4) is 50.7 Å². The Balaban J connectivity index is 0.000000136. The molecule has 20 rings (SSSR count). The van der Waals surface area contributed by atoms with E-state index in [0.29, 0.717) is 5.46 Å². The Bertz CT molecular complexity index is 6130. The summed E-state index contributed by atoms with van der Waals surface area (Å²) in [7, 11) is -1.50. The molecule has 0 fully saturated rings. The van der Waals surface area contributed by atoms with E-state index in [1.165, 1.54) is 127 Å². The second kappa shape index (κ2) is 25.3. The van der Waals surface area contributed by atoms with Gasteiger partial charge in [0.25, 0.3) is 0 Å². The van der Waals surface area contributed by atoms with Crippen molar-refractivity contribution < 1.29 is 10.0 Å². The summed E-state index contributed by atoms with van der Waals surface area (Å²) in [6.45, 7) is 0. The molecule has 2 N–H and O–H groups in total. The lowest BCUT2D eigenvalue weighted by Crippen LogP contribution is -2.33. The minimum absolute atomic E-state index is 0.494. The van der Waals surface area contributed by atoms with Gasteiger partial charge in [0.2, 0.25) is 0 Å². The Morgan fingerprint density at radius 3 is 0.820 bits per heavy atom. The third-order valence-corrected chi connectivity index (χ3v) is 20.6. The maximum Gasteiger partial charge on any atom is 0.490 e. The van der Waals surface area contributed by atoms with Gasteiger partial charge in [-0.05, 0) is 151 Å². The molecule has 0 aliphatic heterocycles. The van der Waals surface area contributed by atoms with Crippen LogP contribution in [0.15, 0.2) is 361 Å². The number of hydrogen-bond donors (Lipinski definition) is 2. The SMILES string of the molecule is Brc1ccc2c(c1)c1cc(Br)ccc1n2-c1ccccc1.OB(O)c1ccccc1-n1c2ccccc2c2ccccc21.c1ccc(-n2c3ccc(-c4ccccc4-n4c5ccccc5c5ccccc54)cc3c3cc(-c4ccccc4-n4c5ccccc5c5ccccc54)ccc32)cc1. The molecule has 0 spiro atoms. The van der Waals surface area contributed by atoms with E-state index < -0.39 is 7.12 Å². The predicted molar refractivity (Wildman–Crippen MR) is 427 cm³/mol. The summed E-state index contributed by atoms with van der Waals surface area (Å²) in [6, 6.07) is 125. The highest BCUT2D eigenvalue weighted by Gasteiger charge is 2.23. The third-order valence-electron chi connectivity index (χ3n) is 19.6. The minimum atomic E-state index is -1.50. The zero-order valence-electron chi connectivity index (χ0n) is 54.0. The quantitative estimate of drug-likeness (QED) is 0.149. The molecule has 5 heterocycles. The Kier molecular flexibility index (Phi) is 15.3. The van der Waals surface area contributed by atoms with Crippen molar-refractivity contribution in [2.45, 2.75) is 0 Å². The average molecular weight is 1410 g/mol. The monoisotopic (exact) mass is 1410 g/mol. The average Bonchev–Trinajstić information content (AvgIpc) is 1.59. The van der Waals surface area contributed by atoms with Crippen molar-refractivity contribution in [2.24, 2.45) is 0 Å². The molecule has 5 aromatic heterocycles. The number of fused-ring (bicyclic) bond motifs is 15. The summed E-state index contributed by atoms with van der Waals surface area (Å²) in [6.07, 6.45) is 0. The zero-order chi connectivity index (χ0) is 67.0. The van der Waals surface area contributed by atoms with Crippen LogP contribution in [0.1, 0.15) is 0 Å². The topological polar surface area (TPSA) is 65.1 Å². The summed E-state index contributed by atoms with van der Waals surface area (Å²) < 4.78 is 13.9. The van der Waals surface area contributed by atoms with Crippen LogP contribution in [-0.2, 0) is 0 Å². The molecule has 100 heavy (non-hydrogen) atoms. The minimum Gasteiger partial charge on any atom is -0.423 e. The van der Waals surface area contributed by atoms with Gasteiger partial charge in [0.15, 0.2) is 0 Å². The van der Waals surface area contributed by atoms with Gasteiger partial charge >= 0.3 is 7.12 Å². The molecule has 0 bridgehead atoms. The van der Waals surface area contributed by atoms with Gasteiger partial charge in [-0.25, -0.2) is 0 Å². The molecule has 0 unspecified atom stereocenters. The Morgan fingerprint density at radius 1 is 0.210 bits per heavy atom. The molecule has 0 atom stereocenters. The molecular formula is C90H60BBr2N5O2. The lowest BCUT2D eigenvalue weighted by Gasteiger charge is -2.14. The number of para-hydroxylation sites is 11. The van der Waals surface area contributed by atoms with Gasteiger partial charge in [0.1, 0.15) is 0 Å². The van der Waals surface area contributed by atoms with Crippen LogP contribution in [0.25, 0.3) is 160 Å². The molecule has 15 aromatic carbocycles. The van der Waals surface area contributed by atoms with E-state index >= 15 is 0 Å². The number of nitrogens with zero attached hydrogens (tertiary/aromatic N) is 5. The molecule has 0 amide bonds. The number of aromatic nitrogens is 5. The second-order valence-electron chi connectivity index (χ2n) is 25.2. The van der Waals surface area contributed by atoms with Crippen LogP contribution in [-0.4, -0.2) is 40.0 Å². The maximum absolute atomic E-state index is 9.69. The fraction of sp³-hybridized carbons (Fsp3) is 0. The molecule has 20 aromatic rings. The summed E-state index contributed by atoms with van der Waals surface area (Å²) in [5.41, 5.74) is 22.4. The normalized spacial score (nSPS) is 11.6. The van der Waals surface area contributed by atoms with Crippen LogP contribution in [0, 0.1) is 0 Å². The van der Waals surface area contributed by atoms with Crippen LogP contribution in [0.5, 0.6) is 0 Å². The molecule has 0 radical (unpaired) electrons. The Labute approximate surface area is 593 Å². The third kappa shape index (κ3) is 10.3. The Hall–Kier alpha value is -11.8. The first-order chi connectivity index (χ1) is 49.3. The zero-order valence-corrected chi connectivity index (χ0v) is 57.1. The molecule has 474 valence electrons. The second-order valence-corrected chi connectivity index (χ2v) is 27.0. The molecule has 0 aliphatic carbocycles. The first kappa shape index (κ1) is 60.6. The van der Waals surface area contributed by atoms with E-state index in [1.54, 1.807) is 6.07 Å². The van der Waals surface area contributed by atoms with Crippen LogP contribution in [0.2, 0.25) is 0 Å². The maximum atomic E-state index is 9.69. The van der Waals surface area contributed by atoms with Gasteiger partial charge in [0.05, 0.1) is 66.5 Å². The lowest BCUT2D eigenvalue weighted by molar-refractivity contribution is 0.425. The summed E-state index contributed by atoms with van der Waals surface area (Å²) in [5.74, 6) is 0. The van der Waals surface area contributed by atoms with Gasteiger partial charge < -0.3 is 32.9 Å². The summed E-state index contributed by atoms with van der Waals surface area (Å²) >= 11 is 7.16. The highest BCUT2D eigenvalue weighted by molar-refractivity contribution is 9.10. The fourth-order valence-electron chi connectivity index (χ4n) is 15.3. The van der Waals surface area contributed by atoms with Crippen LogP contribution in [0.3, 0.4) is 0 Å². The first-order valence-electron chi connectivity index (χ1n) is 33.5. The van der Waals surface area contributed by atoms with Crippen molar-refractivity contribution >= 4 is 153 Å². The van der Waals surface area contributed by atoms with Crippen molar-refractivity contribution in [1.29, 1.82) is 0 Å². The summed E-state index contributed by atoms with van der Waals surface area (Å²) in [4.78, 5) is 0. The smallest absolute Gasteiger partial charge is 0.423 e. The van der Waals surface area contributed by atoms with Gasteiger partial charge in [-0.1, -0.05) is 244 Å². The summed E-state index contributed by atoms with van der Waals surface area (Å²) in [5, 5.41) is 31.7. The van der Waals surface area contributed by atoms with E-state index in [0.717, 1.165) is 42.1 Å². The lowest BCUT2D eigenvalue weighted by atomic mass is 9.79. The number of hydrogen-bond acceptors (Lipinski definition) is 2. The van der Waals surface area contributed by atoms with Crippen LogP contribution >= 0.6 is 31.9 Å². The van der Waals surface area contributed by atoms with E-state index in [-0.39, 0.29) is 0 Å². The first-order valence-corrected chi connectivity index (χ1v) is 35.1. The highest BCUT2D eigenvalue weighted by atomic mass is 79.9. The largest absolute Gasteiger partial charge is 0.490 e. The van der Waals surface area contributed by atoms with Gasteiger partial charge in [-0.2, -0.15) is 0 Å². The van der Waals surface area contributed by atoms with E-state index in [1.807, 2.05) is 48.5 Å². The van der Waals surface area contributed by atoms with Crippen molar-refractivity contribution in [3.05, 3.63) is 361 Å². The van der Waals surface area contributed by atoms with Crippen molar-refractivity contribution in [1.82, 2.24) is 22.8 Å². The Morgan fingerprint density at radius 2 is 0.470 bits per heavy atom. The predicted octanol–water partition coefficient (Wildman–Crippen LogP) is 23.1. The van der Waals surface area contributed by atoms with E-state index in [9.17, 15) is 10.0 Å². The van der Waals surface area contributed by atoms with Gasteiger partial charge in [-0.3, -0.25) is 0 Å². The van der Waals surface area contributed by atoms with Crippen molar-refractivity contribution in [2.75, 3.05) is 0 Å². The van der Waals surface area contributed by atoms with Crippen LogP contribution in [0.4, 0.5) is 0 Å². The van der Waals surface area contributed by atoms with Crippen LogP contribution < -0.4 is 5.46 Å². The number of halogens is 2. The van der Waals surface area contributed by atoms with E-state index in [2.05, 4.69) is 352 Å². The van der Waals surface area contributed by atoms with E-state index in [4.69, 9.17) is 0 Å². The van der Waals surface area contributed by atoms with Gasteiger partial charge in [0, 0.05) is 96.5 Å². The number of benzene rings is 15. The highest BCUT2D eigenvalue weighted by Crippen LogP contribution is 2.43. The van der Waals surface area contributed by atoms with Gasteiger partial charge in [-0.15, -0.1) is 0 Å².